The lowest BCUT2D eigenvalue weighted by Gasteiger charge is -2.33. The summed E-state index contributed by atoms with van der Waals surface area (Å²) < 4.78 is 0. The maximum atomic E-state index is 10.8. The number of carboxylic acid groups (broad SMARTS) is 1. The van der Waals surface area contributed by atoms with Crippen LogP contribution in [0.3, 0.4) is 0 Å². The molecule has 1 amide bonds. The van der Waals surface area contributed by atoms with Crippen LogP contribution in [0.5, 0.6) is 0 Å². The highest BCUT2D eigenvalue weighted by Gasteiger charge is 2.24. The third-order valence-electron chi connectivity index (χ3n) is 1.78. The smallest absolute Gasteiger partial charge is 0.407 e. The molecule has 0 aromatic heterocycles. The molecule has 0 radical (unpaired) electrons. The normalized spacial score (nSPS) is 11.3. The molecule has 0 aliphatic carbocycles. The molecule has 0 aliphatic heterocycles. The Bertz CT molecular complexity index is 149. The van der Waals surface area contributed by atoms with E-state index in [0.717, 1.165) is 12.8 Å². The van der Waals surface area contributed by atoms with Crippen molar-refractivity contribution >= 4 is 6.09 Å². The largest absolute Gasteiger partial charge is 0.465 e. The minimum Gasteiger partial charge on any atom is -0.465 e. The predicted molar refractivity (Wildman–Crippen MR) is 49.4 cm³/mol. The number of hydrogen-bond acceptors (Lipinski definition) is 1. The van der Waals surface area contributed by atoms with Crippen LogP contribution in [0.25, 0.3) is 0 Å². The fourth-order valence-corrected chi connectivity index (χ4v) is 1.03. The molecular weight excluding hydrogens is 154 g/mol. The number of unbranched alkanes of at least 4 members (excludes halogenated alkanes) is 1. The van der Waals surface area contributed by atoms with Crippen LogP contribution >= 0.6 is 0 Å². The van der Waals surface area contributed by atoms with E-state index in [2.05, 4.69) is 6.92 Å². The Labute approximate surface area is 74.4 Å². The molecule has 1 N–H and O–H groups in total. The molecule has 0 atom stereocenters. The molecule has 0 unspecified atom stereocenters. The molecule has 0 heterocycles. The molecule has 0 bridgehead atoms. The molecule has 72 valence electrons. The fraction of sp³-hybridized carbons (Fsp3) is 0.889. The molecule has 0 saturated carbocycles. The zero-order valence-electron chi connectivity index (χ0n) is 8.42. The molecule has 0 aromatic carbocycles. The highest BCUT2D eigenvalue weighted by Crippen LogP contribution is 2.13. The second-order valence-corrected chi connectivity index (χ2v) is 3.96. The molecule has 0 rings (SSSR count). The lowest BCUT2D eigenvalue weighted by molar-refractivity contribution is 0.0994. The fourth-order valence-electron chi connectivity index (χ4n) is 1.03. The molecule has 3 nitrogen and oxygen atoms in total. The number of rotatable bonds is 3. The molecule has 0 aliphatic rings. The van der Waals surface area contributed by atoms with Crippen LogP contribution in [0.2, 0.25) is 0 Å². The van der Waals surface area contributed by atoms with Gasteiger partial charge >= 0.3 is 6.09 Å². The van der Waals surface area contributed by atoms with Crippen LogP contribution in [0.4, 0.5) is 4.79 Å². The van der Waals surface area contributed by atoms with Crippen LogP contribution in [-0.4, -0.2) is 28.2 Å². The van der Waals surface area contributed by atoms with Crippen LogP contribution in [0, 0.1) is 0 Å². The van der Waals surface area contributed by atoms with E-state index in [1.165, 1.54) is 4.90 Å². The van der Waals surface area contributed by atoms with Gasteiger partial charge in [0.05, 0.1) is 0 Å². The Morgan fingerprint density at radius 1 is 1.42 bits per heavy atom. The molecule has 0 saturated heterocycles. The third kappa shape index (κ3) is 3.60. The van der Waals surface area contributed by atoms with Gasteiger partial charge in [0.1, 0.15) is 0 Å². The number of nitrogens with zero attached hydrogens (tertiary/aromatic N) is 1. The average Bonchev–Trinajstić information content (AvgIpc) is 1.84. The SMILES string of the molecule is CCCCN(C(=O)O)C(C)(C)C. The van der Waals surface area contributed by atoms with Gasteiger partial charge in [0.15, 0.2) is 0 Å². The van der Waals surface area contributed by atoms with Gasteiger partial charge < -0.3 is 10.0 Å². The van der Waals surface area contributed by atoms with Crippen LogP contribution in [0.1, 0.15) is 40.5 Å². The van der Waals surface area contributed by atoms with E-state index in [1.807, 2.05) is 20.8 Å². The standard InChI is InChI=1S/C9H19NO2/c1-5-6-7-10(8(11)12)9(2,3)4/h5-7H2,1-4H3,(H,11,12). The molecule has 0 aromatic rings. The van der Waals surface area contributed by atoms with E-state index >= 15 is 0 Å². The quantitative estimate of drug-likeness (QED) is 0.712. The van der Waals surface area contributed by atoms with Gasteiger partial charge in [-0.25, -0.2) is 4.79 Å². The first-order valence-electron chi connectivity index (χ1n) is 4.40. The Hall–Kier alpha value is -0.730. The topological polar surface area (TPSA) is 40.5 Å². The summed E-state index contributed by atoms with van der Waals surface area (Å²) in [6.45, 7) is 8.43. The van der Waals surface area contributed by atoms with Gasteiger partial charge in [-0.3, -0.25) is 0 Å². The Morgan fingerprint density at radius 2 is 1.92 bits per heavy atom. The molecule has 0 spiro atoms. The predicted octanol–water partition coefficient (Wildman–Crippen LogP) is 2.57. The van der Waals surface area contributed by atoms with E-state index < -0.39 is 6.09 Å². The van der Waals surface area contributed by atoms with E-state index in [9.17, 15) is 4.79 Å². The minimum absolute atomic E-state index is 0.277. The summed E-state index contributed by atoms with van der Waals surface area (Å²) in [6.07, 6.45) is 1.14. The summed E-state index contributed by atoms with van der Waals surface area (Å²) in [6, 6.07) is 0. The van der Waals surface area contributed by atoms with Crippen LogP contribution < -0.4 is 0 Å². The van der Waals surface area contributed by atoms with Gasteiger partial charge in [-0.15, -0.1) is 0 Å². The number of carbonyl (C=O) groups is 1. The maximum absolute atomic E-state index is 10.8. The minimum atomic E-state index is -0.823. The van der Waals surface area contributed by atoms with Crippen molar-refractivity contribution in [1.29, 1.82) is 0 Å². The van der Waals surface area contributed by atoms with E-state index in [4.69, 9.17) is 5.11 Å². The van der Waals surface area contributed by atoms with Gasteiger partial charge in [0, 0.05) is 12.1 Å². The van der Waals surface area contributed by atoms with Crippen molar-refractivity contribution in [3.05, 3.63) is 0 Å². The molecule has 0 fully saturated rings. The Kier molecular flexibility index (Phi) is 4.07. The highest BCUT2D eigenvalue weighted by atomic mass is 16.4. The number of amides is 1. The van der Waals surface area contributed by atoms with Crippen LogP contribution in [0.15, 0.2) is 0 Å². The van der Waals surface area contributed by atoms with Crippen LogP contribution in [-0.2, 0) is 0 Å². The first-order chi connectivity index (χ1) is 5.39. The third-order valence-corrected chi connectivity index (χ3v) is 1.78. The zero-order valence-corrected chi connectivity index (χ0v) is 8.42. The Morgan fingerprint density at radius 3 is 2.17 bits per heavy atom. The first-order valence-corrected chi connectivity index (χ1v) is 4.40. The first kappa shape index (κ1) is 11.3. The zero-order chi connectivity index (χ0) is 9.78. The van der Waals surface area contributed by atoms with Crippen molar-refractivity contribution in [3.63, 3.8) is 0 Å². The summed E-state index contributed by atoms with van der Waals surface area (Å²) in [4.78, 5) is 12.3. The van der Waals surface area contributed by atoms with Crippen molar-refractivity contribution in [2.45, 2.75) is 46.1 Å². The highest BCUT2D eigenvalue weighted by molar-refractivity contribution is 5.65. The van der Waals surface area contributed by atoms with Gasteiger partial charge in [-0.2, -0.15) is 0 Å². The van der Waals surface area contributed by atoms with Gasteiger partial charge in [0.25, 0.3) is 0 Å². The maximum Gasteiger partial charge on any atom is 0.407 e. The Balaban J connectivity index is 4.15. The lowest BCUT2D eigenvalue weighted by atomic mass is 10.1. The van der Waals surface area contributed by atoms with E-state index in [1.54, 1.807) is 0 Å². The van der Waals surface area contributed by atoms with E-state index in [0.29, 0.717) is 6.54 Å². The van der Waals surface area contributed by atoms with Gasteiger partial charge in [-0.1, -0.05) is 13.3 Å². The summed E-state index contributed by atoms with van der Waals surface area (Å²) in [5.41, 5.74) is -0.277. The van der Waals surface area contributed by atoms with Crippen molar-refractivity contribution in [2.75, 3.05) is 6.54 Å². The summed E-state index contributed by atoms with van der Waals surface area (Å²) in [5, 5.41) is 8.86. The number of hydrogen-bond donors (Lipinski definition) is 1. The summed E-state index contributed by atoms with van der Waals surface area (Å²) in [5.74, 6) is 0. The van der Waals surface area contributed by atoms with Crippen molar-refractivity contribution < 1.29 is 9.90 Å². The van der Waals surface area contributed by atoms with Crippen molar-refractivity contribution in [3.8, 4) is 0 Å². The van der Waals surface area contributed by atoms with Crippen molar-refractivity contribution in [1.82, 2.24) is 4.90 Å². The molecular formula is C9H19NO2. The lowest BCUT2D eigenvalue weighted by Crippen LogP contribution is -2.45. The molecule has 3 heteroatoms. The van der Waals surface area contributed by atoms with E-state index in [-0.39, 0.29) is 5.54 Å². The average molecular weight is 173 g/mol. The second-order valence-electron chi connectivity index (χ2n) is 3.96. The summed E-state index contributed by atoms with van der Waals surface area (Å²) in [7, 11) is 0. The van der Waals surface area contributed by atoms with Crippen molar-refractivity contribution in [2.24, 2.45) is 0 Å². The summed E-state index contributed by atoms with van der Waals surface area (Å²) >= 11 is 0. The van der Waals surface area contributed by atoms with Gasteiger partial charge in [0.2, 0.25) is 0 Å². The van der Waals surface area contributed by atoms with Gasteiger partial charge in [-0.05, 0) is 27.2 Å². The monoisotopic (exact) mass is 173 g/mol. The second kappa shape index (κ2) is 4.33. The molecule has 12 heavy (non-hydrogen) atoms.